The molecule has 7 heteroatoms. The summed E-state index contributed by atoms with van der Waals surface area (Å²) < 4.78 is 14.2. The highest BCUT2D eigenvalue weighted by atomic mass is 19.1. The highest BCUT2D eigenvalue weighted by Crippen LogP contribution is 2.31. The molecule has 0 radical (unpaired) electrons. The molecule has 2 aromatic rings. The van der Waals surface area contributed by atoms with Crippen LogP contribution < -0.4 is 10.6 Å². The monoisotopic (exact) mass is 369 g/mol. The van der Waals surface area contributed by atoms with Crippen molar-refractivity contribution in [1.29, 1.82) is 0 Å². The van der Waals surface area contributed by atoms with E-state index >= 15 is 0 Å². The Morgan fingerprint density at radius 1 is 1.11 bits per heavy atom. The molecule has 2 aliphatic heterocycles. The Morgan fingerprint density at radius 2 is 1.93 bits per heavy atom. The average Bonchev–Trinajstić information content (AvgIpc) is 2.69. The third-order valence-electron chi connectivity index (χ3n) is 5.56. The first kappa shape index (κ1) is 17.9. The minimum Gasteiger partial charge on any atom is -0.368 e. The molecule has 2 saturated heterocycles. The minimum atomic E-state index is -0.348. The zero-order valence-corrected chi connectivity index (χ0v) is 15.2. The summed E-state index contributed by atoms with van der Waals surface area (Å²) in [5.74, 6) is 0.165. The number of likely N-dealkylation sites (tertiary alicyclic amines) is 1. The van der Waals surface area contributed by atoms with Crippen LogP contribution in [0.1, 0.15) is 37.3 Å². The standard InChI is InChI=1S/C20H24FN5O/c21-15-6-1-2-7-17(15)26-12-4-8-18(19(26)27)25-11-3-5-14(13-25)16-9-10-23-20(22)24-16/h1-2,6-7,9-10,14,18H,3-5,8,11-13H2,(H2,22,23,24). The van der Waals surface area contributed by atoms with Crippen molar-refractivity contribution in [3.8, 4) is 0 Å². The molecule has 142 valence electrons. The number of carbonyl (C=O) groups is 1. The van der Waals surface area contributed by atoms with Gasteiger partial charge in [0.15, 0.2) is 0 Å². The molecule has 1 amide bonds. The Kier molecular flexibility index (Phi) is 5.03. The zero-order chi connectivity index (χ0) is 18.8. The molecule has 6 nitrogen and oxygen atoms in total. The summed E-state index contributed by atoms with van der Waals surface area (Å²) in [5, 5.41) is 0. The number of benzene rings is 1. The van der Waals surface area contributed by atoms with Crippen molar-refractivity contribution < 1.29 is 9.18 Å². The molecule has 0 bridgehead atoms. The van der Waals surface area contributed by atoms with E-state index in [1.807, 2.05) is 6.07 Å². The van der Waals surface area contributed by atoms with Gasteiger partial charge in [-0.05, 0) is 50.4 Å². The average molecular weight is 369 g/mol. The number of anilines is 2. The first-order valence-corrected chi connectivity index (χ1v) is 9.52. The number of rotatable bonds is 3. The van der Waals surface area contributed by atoms with Crippen LogP contribution in [0.15, 0.2) is 36.5 Å². The van der Waals surface area contributed by atoms with E-state index in [0.29, 0.717) is 12.2 Å². The third kappa shape index (κ3) is 3.64. The summed E-state index contributed by atoms with van der Waals surface area (Å²) in [6.07, 6.45) is 5.38. The molecule has 1 aromatic heterocycles. The number of halogens is 1. The number of hydrogen-bond donors (Lipinski definition) is 1. The van der Waals surface area contributed by atoms with Crippen molar-refractivity contribution in [3.05, 3.63) is 48.0 Å². The lowest BCUT2D eigenvalue weighted by atomic mass is 9.91. The first-order chi connectivity index (χ1) is 13.1. The van der Waals surface area contributed by atoms with Gasteiger partial charge in [0.2, 0.25) is 11.9 Å². The van der Waals surface area contributed by atoms with Gasteiger partial charge in [0, 0.05) is 25.2 Å². The Balaban J connectivity index is 1.52. The van der Waals surface area contributed by atoms with Gasteiger partial charge >= 0.3 is 0 Å². The second kappa shape index (κ2) is 7.60. The zero-order valence-electron chi connectivity index (χ0n) is 15.2. The quantitative estimate of drug-likeness (QED) is 0.900. The molecule has 2 unspecified atom stereocenters. The van der Waals surface area contributed by atoms with E-state index in [9.17, 15) is 9.18 Å². The second-order valence-corrected chi connectivity index (χ2v) is 7.27. The van der Waals surface area contributed by atoms with Crippen LogP contribution in [0, 0.1) is 5.82 Å². The minimum absolute atomic E-state index is 0.00537. The normalized spacial score (nSPS) is 24.2. The van der Waals surface area contributed by atoms with Crippen LogP contribution in [0.2, 0.25) is 0 Å². The van der Waals surface area contributed by atoms with Crippen molar-refractivity contribution in [2.75, 3.05) is 30.3 Å². The summed E-state index contributed by atoms with van der Waals surface area (Å²) in [4.78, 5) is 25.3. The van der Waals surface area contributed by atoms with Gasteiger partial charge in [0.05, 0.1) is 17.4 Å². The fourth-order valence-electron chi connectivity index (χ4n) is 4.25. The topological polar surface area (TPSA) is 75.3 Å². The maximum Gasteiger partial charge on any atom is 0.244 e. The summed E-state index contributed by atoms with van der Waals surface area (Å²) in [6.45, 7) is 2.20. The second-order valence-electron chi connectivity index (χ2n) is 7.27. The van der Waals surface area contributed by atoms with E-state index in [-0.39, 0.29) is 29.6 Å². The molecule has 2 fully saturated rings. The Labute approximate surface area is 158 Å². The molecule has 2 atom stereocenters. The lowest BCUT2D eigenvalue weighted by Crippen LogP contribution is -2.54. The van der Waals surface area contributed by atoms with E-state index in [0.717, 1.165) is 44.5 Å². The van der Waals surface area contributed by atoms with E-state index in [2.05, 4.69) is 14.9 Å². The van der Waals surface area contributed by atoms with Gasteiger partial charge in [-0.2, -0.15) is 0 Å². The van der Waals surface area contributed by atoms with Crippen LogP contribution in [-0.4, -0.2) is 46.5 Å². The lowest BCUT2D eigenvalue weighted by molar-refractivity contribution is -0.126. The van der Waals surface area contributed by atoms with Crippen LogP contribution in [0.5, 0.6) is 0 Å². The van der Waals surface area contributed by atoms with Crippen LogP contribution in [0.4, 0.5) is 16.0 Å². The number of piperidine rings is 2. The van der Waals surface area contributed by atoms with Crippen molar-refractivity contribution in [1.82, 2.24) is 14.9 Å². The molecule has 0 saturated carbocycles. The Hall–Kier alpha value is -2.54. The number of para-hydroxylation sites is 1. The summed E-state index contributed by atoms with van der Waals surface area (Å²) in [7, 11) is 0. The number of nitrogens with zero attached hydrogens (tertiary/aromatic N) is 4. The Morgan fingerprint density at radius 3 is 2.74 bits per heavy atom. The molecular weight excluding hydrogens is 345 g/mol. The van der Waals surface area contributed by atoms with Gasteiger partial charge in [0.1, 0.15) is 5.82 Å². The molecule has 27 heavy (non-hydrogen) atoms. The number of aromatic nitrogens is 2. The van der Waals surface area contributed by atoms with Crippen LogP contribution in [0.3, 0.4) is 0 Å². The van der Waals surface area contributed by atoms with Gasteiger partial charge in [-0.1, -0.05) is 12.1 Å². The molecule has 3 heterocycles. The van der Waals surface area contributed by atoms with Gasteiger partial charge in [0.25, 0.3) is 0 Å². The molecule has 0 aliphatic carbocycles. The number of amides is 1. The fourth-order valence-corrected chi connectivity index (χ4v) is 4.25. The molecule has 4 rings (SSSR count). The number of nitrogen functional groups attached to an aromatic ring is 1. The van der Waals surface area contributed by atoms with E-state index in [1.165, 1.54) is 6.07 Å². The van der Waals surface area contributed by atoms with Crippen LogP contribution in [-0.2, 0) is 4.79 Å². The van der Waals surface area contributed by atoms with E-state index in [4.69, 9.17) is 5.73 Å². The predicted molar refractivity (Wildman–Crippen MR) is 102 cm³/mol. The van der Waals surface area contributed by atoms with Gasteiger partial charge in [-0.15, -0.1) is 0 Å². The number of nitrogens with two attached hydrogens (primary N) is 1. The van der Waals surface area contributed by atoms with Gasteiger partial charge in [-0.25, -0.2) is 14.4 Å². The highest BCUT2D eigenvalue weighted by molar-refractivity contribution is 5.98. The summed E-state index contributed by atoms with van der Waals surface area (Å²) >= 11 is 0. The summed E-state index contributed by atoms with van der Waals surface area (Å²) in [5.41, 5.74) is 7.04. The van der Waals surface area contributed by atoms with Crippen LogP contribution in [0.25, 0.3) is 0 Å². The molecular formula is C20H24FN5O. The molecule has 0 spiro atoms. The molecule has 1 aromatic carbocycles. The van der Waals surface area contributed by atoms with Gasteiger partial charge in [-0.3, -0.25) is 9.69 Å². The largest absolute Gasteiger partial charge is 0.368 e. The van der Waals surface area contributed by atoms with Crippen molar-refractivity contribution in [3.63, 3.8) is 0 Å². The fraction of sp³-hybridized carbons (Fsp3) is 0.450. The van der Waals surface area contributed by atoms with Gasteiger partial charge < -0.3 is 10.6 Å². The highest BCUT2D eigenvalue weighted by Gasteiger charge is 2.37. The number of hydrogen-bond acceptors (Lipinski definition) is 5. The van der Waals surface area contributed by atoms with Crippen molar-refractivity contribution in [2.24, 2.45) is 0 Å². The number of carbonyl (C=O) groups excluding carboxylic acids is 1. The van der Waals surface area contributed by atoms with E-state index < -0.39 is 0 Å². The Bertz CT molecular complexity index is 830. The molecule has 2 aliphatic rings. The summed E-state index contributed by atoms with van der Waals surface area (Å²) in [6, 6.07) is 8.19. The van der Waals surface area contributed by atoms with Crippen LogP contribution >= 0.6 is 0 Å². The lowest BCUT2D eigenvalue weighted by Gasteiger charge is -2.42. The third-order valence-corrected chi connectivity index (χ3v) is 5.56. The molecule has 2 N–H and O–H groups in total. The smallest absolute Gasteiger partial charge is 0.244 e. The maximum absolute atomic E-state index is 14.2. The maximum atomic E-state index is 14.2. The van der Waals surface area contributed by atoms with Crippen molar-refractivity contribution in [2.45, 2.75) is 37.6 Å². The SMILES string of the molecule is Nc1nccc(C2CCCN(C3CCCN(c4ccccc4F)C3=O)C2)n1. The first-order valence-electron chi connectivity index (χ1n) is 9.52. The van der Waals surface area contributed by atoms with Crippen molar-refractivity contribution >= 4 is 17.5 Å². The van der Waals surface area contributed by atoms with E-state index in [1.54, 1.807) is 29.3 Å². The predicted octanol–water partition coefficient (Wildman–Crippen LogP) is 2.57.